The first-order valence-corrected chi connectivity index (χ1v) is 8.44. The van der Waals surface area contributed by atoms with E-state index in [1.807, 2.05) is 20.8 Å². The summed E-state index contributed by atoms with van der Waals surface area (Å²) >= 11 is 1.21. The van der Waals surface area contributed by atoms with Gasteiger partial charge in [-0.1, -0.05) is 22.6 Å². The number of rotatable bonds is 4. The molecule has 0 atom stereocenters. The number of carbonyl (C=O) groups excluding carboxylic acids is 1. The lowest BCUT2D eigenvalue weighted by molar-refractivity contribution is 0.103. The van der Waals surface area contributed by atoms with Gasteiger partial charge in [-0.2, -0.15) is 0 Å². The van der Waals surface area contributed by atoms with Crippen molar-refractivity contribution in [2.75, 3.05) is 10.6 Å². The third-order valence-corrected chi connectivity index (χ3v) is 4.91. The van der Waals surface area contributed by atoms with Gasteiger partial charge in [0.25, 0.3) is 5.91 Å². The van der Waals surface area contributed by atoms with Crippen molar-refractivity contribution < 1.29 is 14.4 Å². The molecule has 1 amide bonds. The van der Waals surface area contributed by atoms with Crippen molar-refractivity contribution in [1.82, 2.24) is 10.1 Å². The number of benzene rings is 1. The van der Waals surface area contributed by atoms with Crippen LogP contribution in [-0.2, 0) is 0 Å². The quantitative estimate of drug-likeness (QED) is 0.650. The summed E-state index contributed by atoms with van der Waals surface area (Å²) in [6.45, 7) is 7.35. The van der Waals surface area contributed by atoms with Crippen LogP contribution in [0.25, 0.3) is 0 Å². The van der Waals surface area contributed by atoms with E-state index in [1.54, 1.807) is 19.1 Å². The predicted octanol–water partition coefficient (Wildman–Crippen LogP) is 4.07. The Bertz CT molecular complexity index is 946. The highest BCUT2D eigenvalue weighted by molar-refractivity contribution is 7.17. The molecule has 8 heteroatoms. The second-order valence-corrected chi connectivity index (χ2v) is 6.75. The van der Waals surface area contributed by atoms with Crippen LogP contribution in [0.3, 0.4) is 0 Å². The molecule has 0 saturated heterocycles. The summed E-state index contributed by atoms with van der Waals surface area (Å²) in [6.07, 6.45) is 1.50. The lowest BCUT2D eigenvalue weighted by Gasteiger charge is -2.11. The third kappa shape index (κ3) is 3.34. The van der Waals surface area contributed by atoms with E-state index < -0.39 is 0 Å². The zero-order valence-corrected chi connectivity index (χ0v) is 15.1. The van der Waals surface area contributed by atoms with Crippen LogP contribution >= 0.6 is 11.3 Å². The molecular weight excluding hydrogens is 340 g/mol. The number of hydrogen-bond acceptors (Lipinski definition) is 7. The number of phenolic OH excluding ortho intramolecular Hbond substituents is 1. The van der Waals surface area contributed by atoms with Gasteiger partial charge >= 0.3 is 0 Å². The molecule has 130 valence electrons. The Balaban J connectivity index is 1.77. The molecule has 0 spiro atoms. The van der Waals surface area contributed by atoms with Gasteiger partial charge in [0.1, 0.15) is 16.4 Å². The largest absolute Gasteiger partial charge is 0.508 e. The van der Waals surface area contributed by atoms with Gasteiger partial charge in [-0.15, -0.1) is 0 Å². The number of anilines is 3. The fraction of sp³-hybridized carbons (Fsp3) is 0.235. The lowest BCUT2D eigenvalue weighted by Crippen LogP contribution is -2.12. The Hall–Kier alpha value is -2.87. The molecule has 3 N–H and O–H groups in total. The zero-order chi connectivity index (χ0) is 18.1. The van der Waals surface area contributed by atoms with Crippen LogP contribution < -0.4 is 10.6 Å². The molecule has 0 aliphatic heterocycles. The highest BCUT2D eigenvalue weighted by Gasteiger charge is 2.16. The number of aromatic nitrogens is 2. The Labute approximate surface area is 148 Å². The molecule has 3 rings (SSSR count). The topological polar surface area (TPSA) is 100 Å². The van der Waals surface area contributed by atoms with Crippen molar-refractivity contribution in [2.24, 2.45) is 0 Å². The number of carbonyl (C=O) groups is 1. The monoisotopic (exact) mass is 358 g/mol. The molecule has 0 aliphatic rings. The first-order chi connectivity index (χ1) is 11.9. The summed E-state index contributed by atoms with van der Waals surface area (Å²) in [5, 5.41) is 20.2. The molecule has 0 unspecified atom stereocenters. The summed E-state index contributed by atoms with van der Waals surface area (Å²) in [5.74, 6) is 1.17. The Morgan fingerprint density at radius 2 is 1.96 bits per heavy atom. The van der Waals surface area contributed by atoms with Gasteiger partial charge in [-0.3, -0.25) is 4.79 Å². The molecule has 2 heterocycles. The van der Waals surface area contributed by atoms with Gasteiger partial charge in [0.2, 0.25) is 0 Å². The maximum absolute atomic E-state index is 12.5. The average molecular weight is 358 g/mol. The fourth-order valence-electron chi connectivity index (χ4n) is 2.28. The highest BCUT2D eigenvalue weighted by Crippen LogP contribution is 2.30. The van der Waals surface area contributed by atoms with E-state index in [0.717, 1.165) is 16.9 Å². The molecule has 0 fully saturated rings. The van der Waals surface area contributed by atoms with Crippen molar-refractivity contribution >= 4 is 33.9 Å². The Morgan fingerprint density at radius 1 is 1.20 bits per heavy atom. The number of amides is 1. The standard InChI is InChI=1S/C17H18N4O3S/c1-8-5-6-12(22)10(3)14(8)19-16(23)13-7-18-17(25-13)20-15-9(2)11(4)24-21-15/h5-7,22H,1-4H3,(H,19,23)(H,18,20,21). The van der Waals surface area contributed by atoms with E-state index in [4.69, 9.17) is 4.52 Å². The number of aryl methyl sites for hydroxylation is 2. The second-order valence-electron chi connectivity index (χ2n) is 5.72. The minimum absolute atomic E-state index is 0.143. The maximum atomic E-state index is 12.5. The normalized spacial score (nSPS) is 10.7. The van der Waals surface area contributed by atoms with Crippen LogP contribution in [0.2, 0.25) is 0 Å². The first-order valence-electron chi connectivity index (χ1n) is 7.63. The summed E-state index contributed by atoms with van der Waals surface area (Å²) < 4.78 is 5.10. The van der Waals surface area contributed by atoms with Crippen molar-refractivity contribution in [2.45, 2.75) is 27.7 Å². The smallest absolute Gasteiger partial charge is 0.267 e. The van der Waals surface area contributed by atoms with Gasteiger partial charge in [-0.05, 0) is 39.3 Å². The number of nitrogens with zero attached hydrogens (tertiary/aromatic N) is 2. The van der Waals surface area contributed by atoms with E-state index in [9.17, 15) is 9.90 Å². The number of aromatic hydroxyl groups is 1. The molecule has 7 nitrogen and oxygen atoms in total. The molecular formula is C17H18N4O3S. The van der Waals surface area contributed by atoms with Gasteiger partial charge in [0.15, 0.2) is 10.9 Å². The fourth-order valence-corrected chi connectivity index (χ4v) is 2.99. The van der Waals surface area contributed by atoms with E-state index in [0.29, 0.717) is 27.1 Å². The number of hydrogen-bond donors (Lipinski definition) is 3. The second kappa shape index (κ2) is 6.56. The molecule has 3 aromatic rings. The van der Waals surface area contributed by atoms with Gasteiger partial charge < -0.3 is 20.3 Å². The molecule has 0 aliphatic carbocycles. The zero-order valence-electron chi connectivity index (χ0n) is 14.3. The molecule has 0 bridgehead atoms. The Morgan fingerprint density at radius 3 is 2.64 bits per heavy atom. The summed E-state index contributed by atoms with van der Waals surface area (Å²) in [7, 11) is 0. The molecule has 25 heavy (non-hydrogen) atoms. The van der Waals surface area contributed by atoms with Crippen LogP contribution in [0.5, 0.6) is 5.75 Å². The van der Waals surface area contributed by atoms with Crippen LogP contribution in [-0.4, -0.2) is 21.2 Å². The SMILES string of the molecule is Cc1ccc(O)c(C)c1NC(=O)c1cnc(Nc2noc(C)c2C)s1. The van der Waals surface area contributed by atoms with E-state index in [-0.39, 0.29) is 11.7 Å². The van der Waals surface area contributed by atoms with Crippen molar-refractivity contribution in [3.8, 4) is 5.75 Å². The summed E-state index contributed by atoms with van der Waals surface area (Å²) in [5.41, 5.74) is 3.01. The highest BCUT2D eigenvalue weighted by atomic mass is 32.1. The lowest BCUT2D eigenvalue weighted by atomic mass is 10.1. The van der Waals surface area contributed by atoms with E-state index in [2.05, 4.69) is 20.8 Å². The Kier molecular flexibility index (Phi) is 4.45. The first kappa shape index (κ1) is 17.0. The van der Waals surface area contributed by atoms with Gasteiger partial charge in [0, 0.05) is 11.1 Å². The van der Waals surface area contributed by atoms with E-state index in [1.165, 1.54) is 17.5 Å². The van der Waals surface area contributed by atoms with Crippen molar-refractivity contribution in [1.29, 1.82) is 0 Å². The van der Waals surface area contributed by atoms with Crippen LogP contribution in [0.4, 0.5) is 16.6 Å². The maximum Gasteiger partial charge on any atom is 0.267 e. The molecule has 0 saturated carbocycles. The van der Waals surface area contributed by atoms with Gasteiger partial charge in [0.05, 0.1) is 11.9 Å². The summed E-state index contributed by atoms with van der Waals surface area (Å²) in [6, 6.07) is 3.37. The molecule has 2 aromatic heterocycles. The van der Waals surface area contributed by atoms with Crippen molar-refractivity contribution in [3.63, 3.8) is 0 Å². The number of thiazole rings is 1. The number of phenols is 1. The average Bonchev–Trinajstić information content (AvgIpc) is 3.17. The number of nitrogens with one attached hydrogen (secondary N) is 2. The minimum atomic E-state index is -0.282. The van der Waals surface area contributed by atoms with Crippen LogP contribution in [0.1, 0.15) is 32.1 Å². The van der Waals surface area contributed by atoms with E-state index >= 15 is 0 Å². The van der Waals surface area contributed by atoms with Gasteiger partial charge in [-0.25, -0.2) is 4.98 Å². The summed E-state index contributed by atoms with van der Waals surface area (Å²) in [4.78, 5) is 17.1. The van der Waals surface area contributed by atoms with Crippen LogP contribution in [0, 0.1) is 27.7 Å². The molecule has 1 aromatic carbocycles. The van der Waals surface area contributed by atoms with Crippen LogP contribution in [0.15, 0.2) is 22.9 Å². The van der Waals surface area contributed by atoms with Crippen molar-refractivity contribution in [3.05, 3.63) is 45.7 Å². The third-order valence-electron chi connectivity index (χ3n) is 4.00. The predicted molar refractivity (Wildman–Crippen MR) is 96.9 cm³/mol. The molecule has 0 radical (unpaired) electrons. The minimum Gasteiger partial charge on any atom is -0.508 e.